The van der Waals surface area contributed by atoms with Crippen molar-refractivity contribution in [3.8, 4) is 0 Å². The average molecular weight is 186 g/mol. The zero-order chi connectivity index (χ0) is 9.84. The van der Waals surface area contributed by atoms with E-state index in [1.54, 1.807) is 0 Å². The van der Waals surface area contributed by atoms with Gasteiger partial charge in [-0.1, -0.05) is 0 Å². The summed E-state index contributed by atoms with van der Waals surface area (Å²) in [6.45, 7) is 6.19. The molecule has 1 rings (SSSR count). The average Bonchev–Trinajstić information content (AvgIpc) is 2.51. The number of rotatable bonds is 3. The molecule has 0 aromatic heterocycles. The van der Waals surface area contributed by atoms with E-state index < -0.39 is 0 Å². The van der Waals surface area contributed by atoms with Crippen molar-refractivity contribution in [2.75, 3.05) is 6.61 Å². The third-order valence-electron chi connectivity index (χ3n) is 2.48. The second-order valence-corrected chi connectivity index (χ2v) is 3.60. The van der Waals surface area contributed by atoms with Crippen LogP contribution in [0.5, 0.6) is 0 Å². The largest absolute Gasteiger partial charge is 0.466 e. The van der Waals surface area contributed by atoms with Crippen molar-refractivity contribution in [3.63, 3.8) is 0 Å². The van der Waals surface area contributed by atoms with E-state index in [4.69, 9.17) is 9.47 Å². The van der Waals surface area contributed by atoms with Crippen molar-refractivity contribution in [1.29, 1.82) is 0 Å². The fourth-order valence-corrected chi connectivity index (χ4v) is 1.63. The molecule has 1 fully saturated rings. The Balaban J connectivity index is 2.38. The maximum atomic E-state index is 11.3. The molecule has 0 unspecified atom stereocenters. The fourth-order valence-electron chi connectivity index (χ4n) is 1.63. The minimum Gasteiger partial charge on any atom is -0.466 e. The Labute approximate surface area is 79.4 Å². The van der Waals surface area contributed by atoms with Gasteiger partial charge in [0.25, 0.3) is 0 Å². The Bertz CT molecular complexity index is 179. The standard InChI is InChI=1S/C10H18O3/c1-4-12-10(11)8(3)9-6-5-7(2)13-9/h7-9H,4-6H2,1-3H3/t7-,8-,9-/m1/s1. The second-order valence-electron chi connectivity index (χ2n) is 3.60. The van der Waals surface area contributed by atoms with E-state index in [-0.39, 0.29) is 18.0 Å². The fraction of sp³-hybridized carbons (Fsp3) is 0.900. The Kier molecular flexibility index (Phi) is 3.72. The predicted molar refractivity (Wildman–Crippen MR) is 49.4 cm³/mol. The smallest absolute Gasteiger partial charge is 0.311 e. The van der Waals surface area contributed by atoms with Crippen LogP contribution in [0.25, 0.3) is 0 Å². The molecule has 0 radical (unpaired) electrons. The highest BCUT2D eigenvalue weighted by molar-refractivity contribution is 5.72. The monoisotopic (exact) mass is 186 g/mol. The van der Waals surface area contributed by atoms with Crippen molar-refractivity contribution in [2.24, 2.45) is 5.92 Å². The summed E-state index contributed by atoms with van der Waals surface area (Å²) >= 11 is 0. The molecular formula is C10H18O3. The van der Waals surface area contributed by atoms with Crippen LogP contribution in [-0.4, -0.2) is 24.8 Å². The molecule has 1 saturated heterocycles. The van der Waals surface area contributed by atoms with Crippen LogP contribution in [0.3, 0.4) is 0 Å². The maximum absolute atomic E-state index is 11.3. The molecule has 0 bridgehead atoms. The highest BCUT2D eigenvalue weighted by atomic mass is 16.5. The van der Waals surface area contributed by atoms with Gasteiger partial charge in [-0.2, -0.15) is 0 Å². The normalized spacial score (nSPS) is 30.1. The van der Waals surface area contributed by atoms with Gasteiger partial charge in [0.15, 0.2) is 0 Å². The Hall–Kier alpha value is -0.570. The van der Waals surface area contributed by atoms with E-state index in [0.717, 1.165) is 12.8 Å². The molecule has 0 N–H and O–H groups in total. The highest BCUT2D eigenvalue weighted by Gasteiger charge is 2.31. The van der Waals surface area contributed by atoms with Crippen LogP contribution in [0.15, 0.2) is 0 Å². The first kappa shape index (κ1) is 10.5. The molecule has 0 spiro atoms. The summed E-state index contributed by atoms with van der Waals surface area (Å²) in [5, 5.41) is 0. The summed E-state index contributed by atoms with van der Waals surface area (Å²) in [4.78, 5) is 11.3. The number of hydrogen-bond acceptors (Lipinski definition) is 3. The molecular weight excluding hydrogens is 168 g/mol. The van der Waals surface area contributed by atoms with Crippen LogP contribution in [0, 0.1) is 5.92 Å². The van der Waals surface area contributed by atoms with Gasteiger partial charge in [-0.25, -0.2) is 0 Å². The van der Waals surface area contributed by atoms with Crippen LogP contribution < -0.4 is 0 Å². The van der Waals surface area contributed by atoms with Gasteiger partial charge in [-0.15, -0.1) is 0 Å². The molecule has 0 amide bonds. The van der Waals surface area contributed by atoms with E-state index in [0.29, 0.717) is 12.7 Å². The molecule has 0 aromatic carbocycles. The quantitative estimate of drug-likeness (QED) is 0.630. The predicted octanol–water partition coefficient (Wildman–Crippen LogP) is 1.75. The van der Waals surface area contributed by atoms with Gasteiger partial charge in [0, 0.05) is 0 Å². The third kappa shape index (κ3) is 2.69. The van der Waals surface area contributed by atoms with Gasteiger partial charge in [-0.05, 0) is 33.6 Å². The van der Waals surface area contributed by atoms with E-state index in [9.17, 15) is 4.79 Å². The first-order valence-electron chi connectivity index (χ1n) is 4.97. The second kappa shape index (κ2) is 4.61. The molecule has 76 valence electrons. The lowest BCUT2D eigenvalue weighted by atomic mass is 10.0. The lowest BCUT2D eigenvalue weighted by molar-refractivity contribution is -0.152. The first-order valence-corrected chi connectivity index (χ1v) is 4.97. The van der Waals surface area contributed by atoms with Gasteiger partial charge in [0.1, 0.15) is 0 Å². The summed E-state index contributed by atoms with van der Waals surface area (Å²) in [6, 6.07) is 0. The third-order valence-corrected chi connectivity index (χ3v) is 2.48. The van der Waals surface area contributed by atoms with Gasteiger partial charge in [-0.3, -0.25) is 4.79 Å². The van der Waals surface area contributed by atoms with Gasteiger partial charge in [0.2, 0.25) is 0 Å². The van der Waals surface area contributed by atoms with Gasteiger partial charge in [0.05, 0.1) is 24.7 Å². The van der Waals surface area contributed by atoms with E-state index >= 15 is 0 Å². The van der Waals surface area contributed by atoms with Crippen LogP contribution in [0.2, 0.25) is 0 Å². The molecule has 13 heavy (non-hydrogen) atoms. The summed E-state index contributed by atoms with van der Waals surface area (Å²) in [7, 11) is 0. The van der Waals surface area contributed by atoms with E-state index in [1.165, 1.54) is 0 Å². The molecule has 1 aliphatic rings. The molecule has 0 aromatic rings. The Morgan fingerprint density at radius 2 is 2.31 bits per heavy atom. The van der Waals surface area contributed by atoms with Crippen molar-refractivity contribution >= 4 is 5.97 Å². The lowest BCUT2D eigenvalue weighted by Crippen LogP contribution is -2.27. The zero-order valence-electron chi connectivity index (χ0n) is 8.58. The minimum atomic E-state index is -0.137. The van der Waals surface area contributed by atoms with Crippen LogP contribution in [0.4, 0.5) is 0 Å². The topological polar surface area (TPSA) is 35.5 Å². The Morgan fingerprint density at radius 3 is 2.77 bits per heavy atom. The van der Waals surface area contributed by atoms with Crippen molar-refractivity contribution in [1.82, 2.24) is 0 Å². The molecule has 1 aliphatic heterocycles. The molecule has 0 saturated carbocycles. The first-order chi connectivity index (χ1) is 6.15. The van der Waals surface area contributed by atoms with Crippen molar-refractivity contribution in [3.05, 3.63) is 0 Å². The van der Waals surface area contributed by atoms with Gasteiger partial charge >= 0.3 is 5.97 Å². The van der Waals surface area contributed by atoms with Crippen molar-refractivity contribution in [2.45, 2.75) is 45.8 Å². The SMILES string of the molecule is CCOC(=O)[C@H](C)[C@H]1CC[C@@H](C)O1. The van der Waals surface area contributed by atoms with Crippen molar-refractivity contribution < 1.29 is 14.3 Å². The molecule has 0 aliphatic carbocycles. The van der Waals surface area contributed by atoms with Gasteiger partial charge < -0.3 is 9.47 Å². The number of hydrogen-bond donors (Lipinski definition) is 0. The molecule has 1 heterocycles. The molecule has 3 heteroatoms. The van der Waals surface area contributed by atoms with E-state index in [1.807, 2.05) is 20.8 Å². The number of carbonyl (C=O) groups is 1. The summed E-state index contributed by atoms with van der Waals surface area (Å²) in [5.41, 5.74) is 0. The maximum Gasteiger partial charge on any atom is 0.311 e. The lowest BCUT2D eigenvalue weighted by Gasteiger charge is -2.17. The van der Waals surface area contributed by atoms with Crippen LogP contribution in [-0.2, 0) is 14.3 Å². The van der Waals surface area contributed by atoms with E-state index in [2.05, 4.69) is 0 Å². The molecule has 3 atom stereocenters. The highest BCUT2D eigenvalue weighted by Crippen LogP contribution is 2.25. The Morgan fingerprint density at radius 1 is 1.62 bits per heavy atom. The molecule has 3 nitrogen and oxygen atoms in total. The summed E-state index contributed by atoms with van der Waals surface area (Å²) in [5.74, 6) is -0.258. The van der Waals surface area contributed by atoms with Crippen LogP contribution in [0.1, 0.15) is 33.6 Å². The zero-order valence-corrected chi connectivity index (χ0v) is 8.58. The summed E-state index contributed by atoms with van der Waals surface area (Å²) in [6.07, 6.45) is 2.38. The van der Waals surface area contributed by atoms with Crippen LogP contribution >= 0.6 is 0 Å². The number of carbonyl (C=O) groups excluding carboxylic acids is 1. The number of ether oxygens (including phenoxy) is 2. The minimum absolute atomic E-state index is 0.0639. The summed E-state index contributed by atoms with van der Waals surface area (Å²) < 4.78 is 10.5. The number of esters is 1.